The van der Waals surface area contributed by atoms with Crippen molar-refractivity contribution in [1.82, 2.24) is 0 Å². The molecule has 4 atom stereocenters. The lowest BCUT2D eigenvalue weighted by Crippen LogP contribution is -2.31. The molecule has 12 heavy (non-hydrogen) atoms. The van der Waals surface area contributed by atoms with E-state index in [0.717, 1.165) is 23.2 Å². The summed E-state index contributed by atoms with van der Waals surface area (Å²) in [4.78, 5) is 0. The molecule has 4 unspecified atom stereocenters. The molecule has 0 nitrogen and oxygen atoms in total. The molecule has 0 heterocycles. The van der Waals surface area contributed by atoms with Crippen LogP contribution in [0.4, 0.5) is 0 Å². The first-order valence-corrected chi connectivity index (χ1v) is 5.53. The summed E-state index contributed by atoms with van der Waals surface area (Å²) < 4.78 is 0. The summed E-state index contributed by atoms with van der Waals surface area (Å²) in [6.07, 6.45) is 12.4. The molecule has 0 aromatic rings. The van der Waals surface area contributed by atoms with Crippen LogP contribution in [0.3, 0.4) is 0 Å². The Balaban J connectivity index is 2.01. The Morgan fingerprint density at radius 1 is 1.42 bits per heavy atom. The maximum Gasteiger partial charge on any atom is -0.0143 e. The minimum absolute atomic E-state index is 0.753. The normalized spacial score (nSPS) is 54.9. The molecule has 0 heteroatoms. The highest BCUT2D eigenvalue weighted by Crippen LogP contribution is 2.65. The highest BCUT2D eigenvalue weighted by atomic mass is 14.6. The average molecular weight is 162 g/mol. The lowest BCUT2D eigenvalue weighted by molar-refractivity contribution is 0.121. The third kappa shape index (κ3) is 0.616. The lowest BCUT2D eigenvalue weighted by Gasteiger charge is -2.38. The van der Waals surface area contributed by atoms with Gasteiger partial charge in [-0.2, -0.15) is 0 Å². The second-order valence-electron chi connectivity index (χ2n) is 5.01. The molecule has 0 N–H and O–H groups in total. The Hall–Kier alpha value is -0.260. The zero-order valence-electron chi connectivity index (χ0n) is 7.92. The fraction of sp³-hybridized carbons (Fsp3) is 0.833. The van der Waals surface area contributed by atoms with E-state index in [0.29, 0.717) is 0 Å². The number of hydrogen-bond acceptors (Lipinski definition) is 0. The molecule has 2 fully saturated rings. The molecule has 0 spiro atoms. The summed E-state index contributed by atoms with van der Waals surface area (Å²) >= 11 is 0. The fourth-order valence-electron chi connectivity index (χ4n) is 4.36. The molecule has 2 bridgehead atoms. The molecule has 3 aliphatic carbocycles. The van der Waals surface area contributed by atoms with Gasteiger partial charge in [0.25, 0.3) is 0 Å². The van der Waals surface area contributed by atoms with Crippen LogP contribution in [0.1, 0.15) is 39.0 Å². The van der Waals surface area contributed by atoms with Crippen LogP contribution in [-0.2, 0) is 0 Å². The van der Waals surface area contributed by atoms with Crippen molar-refractivity contribution in [1.29, 1.82) is 0 Å². The van der Waals surface area contributed by atoms with Crippen molar-refractivity contribution < 1.29 is 0 Å². The Kier molecular flexibility index (Phi) is 1.29. The first kappa shape index (κ1) is 7.17. The zero-order valence-corrected chi connectivity index (χ0v) is 7.92. The molecule has 0 aromatic carbocycles. The third-order valence-corrected chi connectivity index (χ3v) is 4.96. The first-order chi connectivity index (χ1) is 5.87. The summed E-state index contributed by atoms with van der Waals surface area (Å²) in [6.45, 7) is 2.40. The van der Waals surface area contributed by atoms with Gasteiger partial charge in [-0.25, -0.2) is 0 Å². The monoisotopic (exact) mass is 162 g/mol. The van der Waals surface area contributed by atoms with Crippen molar-refractivity contribution in [2.75, 3.05) is 0 Å². The van der Waals surface area contributed by atoms with Crippen LogP contribution >= 0.6 is 0 Å². The molecule has 0 aliphatic heterocycles. The van der Waals surface area contributed by atoms with Crippen LogP contribution in [0, 0.1) is 23.2 Å². The van der Waals surface area contributed by atoms with E-state index in [-0.39, 0.29) is 0 Å². The average Bonchev–Trinajstić information content (AvgIpc) is 2.76. The van der Waals surface area contributed by atoms with Gasteiger partial charge in [0.1, 0.15) is 0 Å². The van der Waals surface area contributed by atoms with Gasteiger partial charge in [0.2, 0.25) is 0 Å². The van der Waals surface area contributed by atoms with E-state index in [1.54, 1.807) is 6.42 Å². The SMILES string of the molecule is CCC12CC=CC1C1CCC2C1. The van der Waals surface area contributed by atoms with Crippen molar-refractivity contribution in [3.05, 3.63) is 12.2 Å². The predicted molar refractivity (Wildman–Crippen MR) is 50.8 cm³/mol. The Labute approximate surface area is 75.0 Å². The molecule has 0 radical (unpaired) electrons. The molecule has 0 saturated heterocycles. The number of hydrogen-bond donors (Lipinski definition) is 0. The Bertz CT molecular complexity index is 228. The van der Waals surface area contributed by atoms with Crippen molar-refractivity contribution in [2.24, 2.45) is 23.2 Å². The summed E-state index contributed by atoms with van der Waals surface area (Å²) in [5, 5.41) is 0. The van der Waals surface area contributed by atoms with E-state index in [1.807, 2.05) is 0 Å². The van der Waals surface area contributed by atoms with E-state index in [2.05, 4.69) is 19.1 Å². The number of allylic oxidation sites excluding steroid dienone is 2. The molecule has 66 valence electrons. The minimum Gasteiger partial charge on any atom is -0.0876 e. The number of fused-ring (bicyclic) bond motifs is 5. The highest BCUT2D eigenvalue weighted by Gasteiger charge is 2.56. The summed E-state index contributed by atoms with van der Waals surface area (Å²) in [5.41, 5.74) is 0.753. The van der Waals surface area contributed by atoms with E-state index < -0.39 is 0 Å². The van der Waals surface area contributed by atoms with Gasteiger partial charge in [-0.05, 0) is 55.3 Å². The van der Waals surface area contributed by atoms with Gasteiger partial charge in [0, 0.05) is 0 Å². The second-order valence-corrected chi connectivity index (χ2v) is 5.01. The molecule has 0 aromatic heterocycles. The van der Waals surface area contributed by atoms with Gasteiger partial charge in [0.05, 0.1) is 0 Å². The van der Waals surface area contributed by atoms with Crippen molar-refractivity contribution in [3.63, 3.8) is 0 Å². The molecular weight excluding hydrogens is 144 g/mol. The topological polar surface area (TPSA) is 0 Å². The van der Waals surface area contributed by atoms with Crippen LogP contribution in [0.25, 0.3) is 0 Å². The quantitative estimate of drug-likeness (QED) is 0.518. The molecular formula is C12H18. The van der Waals surface area contributed by atoms with Crippen LogP contribution < -0.4 is 0 Å². The standard InChI is InChI=1S/C12H18/c1-2-12-7-3-4-11(12)9-5-6-10(12)8-9/h3-4,9-11H,2,5-8H2,1H3. The van der Waals surface area contributed by atoms with Gasteiger partial charge in [-0.3, -0.25) is 0 Å². The minimum atomic E-state index is 0.753. The second kappa shape index (κ2) is 2.16. The smallest absolute Gasteiger partial charge is 0.0143 e. The molecule has 3 aliphatic rings. The molecule has 2 saturated carbocycles. The Morgan fingerprint density at radius 2 is 2.33 bits per heavy atom. The largest absolute Gasteiger partial charge is 0.0876 e. The lowest BCUT2D eigenvalue weighted by atomic mass is 9.66. The number of rotatable bonds is 1. The fourth-order valence-corrected chi connectivity index (χ4v) is 4.36. The van der Waals surface area contributed by atoms with Crippen LogP contribution in [-0.4, -0.2) is 0 Å². The Morgan fingerprint density at radius 3 is 3.08 bits per heavy atom. The van der Waals surface area contributed by atoms with Gasteiger partial charge in [-0.1, -0.05) is 19.1 Å². The van der Waals surface area contributed by atoms with Crippen molar-refractivity contribution in [2.45, 2.75) is 39.0 Å². The van der Waals surface area contributed by atoms with Gasteiger partial charge in [-0.15, -0.1) is 0 Å². The van der Waals surface area contributed by atoms with Gasteiger partial charge >= 0.3 is 0 Å². The summed E-state index contributed by atoms with van der Waals surface area (Å²) in [6, 6.07) is 0. The summed E-state index contributed by atoms with van der Waals surface area (Å²) in [5.74, 6) is 3.16. The van der Waals surface area contributed by atoms with Crippen molar-refractivity contribution in [3.8, 4) is 0 Å². The van der Waals surface area contributed by atoms with Crippen LogP contribution in [0.5, 0.6) is 0 Å². The van der Waals surface area contributed by atoms with Crippen molar-refractivity contribution >= 4 is 0 Å². The maximum absolute atomic E-state index is 2.54. The van der Waals surface area contributed by atoms with Gasteiger partial charge < -0.3 is 0 Å². The highest BCUT2D eigenvalue weighted by molar-refractivity contribution is 5.18. The summed E-state index contributed by atoms with van der Waals surface area (Å²) in [7, 11) is 0. The molecule has 3 rings (SSSR count). The zero-order chi connectivity index (χ0) is 8.18. The van der Waals surface area contributed by atoms with E-state index in [4.69, 9.17) is 0 Å². The van der Waals surface area contributed by atoms with Crippen LogP contribution in [0.2, 0.25) is 0 Å². The maximum atomic E-state index is 2.54. The van der Waals surface area contributed by atoms with E-state index >= 15 is 0 Å². The van der Waals surface area contributed by atoms with Gasteiger partial charge in [0.15, 0.2) is 0 Å². The van der Waals surface area contributed by atoms with Crippen LogP contribution in [0.15, 0.2) is 12.2 Å². The van der Waals surface area contributed by atoms with E-state index in [1.165, 1.54) is 25.7 Å². The first-order valence-electron chi connectivity index (χ1n) is 5.53. The predicted octanol–water partition coefficient (Wildman–Crippen LogP) is 3.39. The molecule has 0 amide bonds. The van der Waals surface area contributed by atoms with E-state index in [9.17, 15) is 0 Å². The third-order valence-electron chi connectivity index (χ3n) is 4.96.